The van der Waals surface area contributed by atoms with Gasteiger partial charge < -0.3 is 4.90 Å². The van der Waals surface area contributed by atoms with Crippen LogP contribution in [0.25, 0.3) is 0 Å². The molecule has 7 nitrogen and oxygen atoms in total. The lowest BCUT2D eigenvalue weighted by Crippen LogP contribution is -2.45. The van der Waals surface area contributed by atoms with Crippen LogP contribution in [0.1, 0.15) is 36.0 Å². The molecule has 4 rings (SSSR count). The number of nitrogens with zero attached hydrogens (tertiary/aromatic N) is 2. The van der Waals surface area contributed by atoms with Crippen LogP contribution in [0, 0.1) is 19.8 Å². The van der Waals surface area contributed by atoms with Gasteiger partial charge in [-0.3, -0.25) is 4.79 Å². The van der Waals surface area contributed by atoms with Gasteiger partial charge in [0.15, 0.2) is 9.84 Å². The predicted molar refractivity (Wildman–Crippen MR) is 128 cm³/mol. The fraction of sp³-hybridized carbons (Fsp3) is 0.458. The third kappa shape index (κ3) is 4.72. The highest BCUT2D eigenvalue weighted by Crippen LogP contribution is 2.33. The molecule has 2 heterocycles. The quantitative estimate of drug-likeness (QED) is 0.657. The third-order valence-corrected chi connectivity index (χ3v) is 9.78. The number of carbonyl (C=O) groups excluding carboxylic acids is 1. The van der Waals surface area contributed by atoms with Crippen molar-refractivity contribution in [1.82, 2.24) is 4.31 Å². The number of sulfone groups is 1. The Kier molecular flexibility index (Phi) is 6.41. The highest BCUT2D eigenvalue weighted by atomic mass is 32.2. The number of fused-ring (bicyclic) bond motifs is 1. The molecule has 0 bridgehead atoms. The Morgan fingerprint density at radius 1 is 0.939 bits per heavy atom. The molecule has 0 saturated carbocycles. The summed E-state index contributed by atoms with van der Waals surface area (Å²) in [6.07, 6.45) is 3.62. The summed E-state index contributed by atoms with van der Waals surface area (Å²) < 4.78 is 51.6. The molecule has 1 saturated heterocycles. The lowest BCUT2D eigenvalue weighted by molar-refractivity contribution is -0.123. The zero-order valence-electron chi connectivity index (χ0n) is 19.2. The molecule has 1 fully saturated rings. The van der Waals surface area contributed by atoms with Crippen molar-refractivity contribution in [2.75, 3.05) is 30.8 Å². The van der Waals surface area contributed by atoms with Gasteiger partial charge in [-0.1, -0.05) is 17.7 Å². The molecule has 33 heavy (non-hydrogen) atoms. The topological polar surface area (TPSA) is 91.8 Å². The molecule has 2 aromatic carbocycles. The Morgan fingerprint density at radius 3 is 2.27 bits per heavy atom. The van der Waals surface area contributed by atoms with Gasteiger partial charge in [0.1, 0.15) is 0 Å². The van der Waals surface area contributed by atoms with Crippen LogP contribution in [-0.2, 0) is 31.1 Å². The number of carbonyl (C=O) groups is 1. The van der Waals surface area contributed by atoms with Gasteiger partial charge in [-0.25, -0.2) is 16.8 Å². The molecular weight excluding hydrogens is 460 g/mol. The number of hydrogen-bond donors (Lipinski definition) is 0. The summed E-state index contributed by atoms with van der Waals surface area (Å²) in [4.78, 5) is 15.7. The molecule has 0 spiro atoms. The number of benzene rings is 2. The molecule has 9 heteroatoms. The van der Waals surface area contributed by atoms with E-state index in [1.54, 1.807) is 42.2 Å². The van der Waals surface area contributed by atoms with E-state index in [2.05, 4.69) is 0 Å². The van der Waals surface area contributed by atoms with Crippen LogP contribution < -0.4 is 4.90 Å². The second kappa shape index (κ2) is 8.85. The van der Waals surface area contributed by atoms with Gasteiger partial charge in [0, 0.05) is 37.5 Å². The van der Waals surface area contributed by atoms with Crippen LogP contribution >= 0.6 is 0 Å². The lowest BCUT2D eigenvalue weighted by Gasteiger charge is -2.36. The van der Waals surface area contributed by atoms with E-state index in [-0.39, 0.29) is 16.7 Å². The molecule has 2 aliphatic rings. The van der Waals surface area contributed by atoms with Gasteiger partial charge in [-0.15, -0.1) is 0 Å². The average Bonchev–Trinajstić information content (AvgIpc) is 2.77. The smallest absolute Gasteiger partial charge is 0.243 e. The Bertz CT molecular complexity index is 1290. The van der Waals surface area contributed by atoms with Crippen LogP contribution in [0.3, 0.4) is 0 Å². The standard InChI is InChI=1S/C24H30N2O5S2/c1-17-6-9-23(18(2)15-17)33(30,31)25-13-10-19(11-14-25)24(27)26-12-4-5-20-16-21(32(3,28)29)7-8-22(20)26/h6-9,15-16,19H,4-5,10-14H2,1-3H3. The average molecular weight is 491 g/mol. The first kappa shape index (κ1) is 23.9. The van der Waals surface area contributed by atoms with E-state index in [1.807, 2.05) is 13.0 Å². The van der Waals surface area contributed by atoms with Crippen LogP contribution in [0.4, 0.5) is 5.69 Å². The highest BCUT2D eigenvalue weighted by molar-refractivity contribution is 7.90. The van der Waals surface area contributed by atoms with E-state index in [9.17, 15) is 21.6 Å². The monoisotopic (exact) mass is 490 g/mol. The van der Waals surface area contributed by atoms with Gasteiger partial charge in [0.05, 0.1) is 9.79 Å². The van der Waals surface area contributed by atoms with Crippen molar-refractivity contribution >= 4 is 31.5 Å². The number of piperidine rings is 1. The van der Waals surface area contributed by atoms with Gasteiger partial charge >= 0.3 is 0 Å². The third-order valence-electron chi connectivity index (χ3n) is 6.62. The van der Waals surface area contributed by atoms with Crippen molar-refractivity contribution in [2.24, 2.45) is 5.92 Å². The minimum Gasteiger partial charge on any atom is -0.312 e. The van der Waals surface area contributed by atoms with E-state index in [0.29, 0.717) is 37.4 Å². The van der Waals surface area contributed by atoms with Crippen LogP contribution in [0.2, 0.25) is 0 Å². The summed E-state index contributed by atoms with van der Waals surface area (Å²) >= 11 is 0. The molecule has 0 radical (unpaired) electrons. The SMILES string of the molecule is Cc1ccc(S(=O)(=O)N2CCC(C(=O)N3CCCc4cc(S(C)(=O)=O)ccc43)CC2)c(C)c1. The fourth-order valence-electron chi connectivity index (χ4n) is 4.82. The number of aryl methyl sites for hydroxylation is 3. The Morgan fingerprint density at radius 2 is 1.64 bits per heavy atom. The summed E-state index contributed by atoms with van der Waals surface area (Å²) in [5.74, 6) is -0.261. The maximum Gasteiger partial charge on any atom is 0.243 e. The minimum atomic E-state index is -3.60. The Hall–Kier alpha value is -2.23. The van der Waals surface area contributed by atoms with E-state index >= 15 is 0 Å². The first-order chi connectivity index (χ1) is 15.5. The molecule has 0 aromatic heterocycles. The van der Waals surface area contributed by atoms with E-state index < -0.39 is 19.9 Å². The zero-order chi connectivity index (χ0) is 24.0. The van der Waals surface area contributed by atoms with Crippen molar-refractivity contribution < 1.29 is 21.6 Å². The highest BCUT2D eigenvalue weighted by Gasteiger charge is 2.35. The largest absolute Gasteiger partial charge is 0.312 e. The molecular formula is C24H30N2O5S2. The molecule has 2 aromatic rings. The molecule has 2 aliphatic heterocycles. The summed E-state index contributed by atoms with van der Waals surface area (Å²) in [6, 6.07) is 10.3. The number of hydrogen-bond acceptors (Lipinski definition) is 5. The summed E-state index contributed by atoms with van der Waals surface area (Å²) in [5.41, 5.74) is 3.38. The maximum atomic E-state index is 13.4. The molecule has 0 atom stereocenters. The first-order valence-corrected chi connectivity index (χ1v) is 14.5. The van der Waals surface area contributed by atoms with Gasteiger partial charge in [-0.2, -0.15) is 4.31 Å². The second-order valence-electron chi connectivity index (χ2n) is 9.10. The number of anilines is 1. The normalized spacial score (nSPS) is 18.2. The molecule has 0 N–H and O–H groups in total. The molecule has 178 valence electrons. The van der Waals surface area contributed by atoms with E-state index in [4.69, 9.17) is 0 Å². The summed E-state index contributed by atoms with van der Waals surface area (Å²) in [5, 5.41) is 0. The minimum absolute atomic E-state index is 0.00776. The number of rotatable bonds is 4. The zero-order valence-corrected chi connectivity index (χ0v) is 20.9. The van der Waals surface area contributed by atoms with E-state index in [0.717, 1.165) is 35.2 Å². The lowest BCUT2D eigenvalue weighted by atomic mass is 9.94. The van der Waals surface area contributed by atoms with Crippen LogP contribution in [0.5, 0.6) is 0 Å². The Balaban J connectivity index is 1.48. The second-order valence-corrected chi connectivity index (χ2v) is 13.0. The van der Waals surface area contributed by atoms with Gasteiger partial charge in [0.25, 0.3) is 0 Å². The summed E-state index contributed by atoms with van der Waals surface area (Å²) in [6.45, 7) is 4.94. The van der Waals surface area contributed by atoms with Crippen LogP contribution in [-0.4, -0.2) is 52.9 Å². The fourth-order valence-corrected chi connectivity index (χ4v) is 7.17. The van der Waals surface area contributed by atoms with E-state index in [1.165, 1.54) is 10.6 Å². The van der Waals surface area contributed by atoms with Gasteiger partial charge in [0.2, 0.25) is 15.9 Å². The maximum absolute atomic E-state index is 13.4. The predicted octanol–water partition coefficient (Wildman–Crippen LogP) is 3.09. The molecule has 1 amide bonds. The Labute approximate surface area is 196 Å². The van der Waals surface area contributed by atoms with Gasteiger partial charge in [-0.05, 0) is 74.9 Å². The molecule has 0 aliphatic carbocycles. The number of sulfonamides is 1. The summed E-state index contributed by atoms with van der Waals surface area (Å²) in [7, 11) is -6.91. The van der Waals surface area contributed by atoms with Crippen LogP contribution in [0.15, 0.2) is 46.2 Å². The number of amides is 1. The van der Waals surface area contributed by atoms with Crippen molar-refractivity contribution in [3.05, 3.63) is 53.1 Å². The van der Waals surface area contributed by atoms with Crippen molar-refractivity contribution in [3.63, 3.8) is 0 Å². The van der Waals surface area contributed by atoms with Crippen molar-refractivity contribution in [3.8, 4) is 0 Å². The first-order valence-electron chi connectivity index (χ1n) is 11.2. The molecule has 0 unspecified atom stereocenters. The van der Waals surface area contributed by atoms with Crippen molar-refractivity contribution in [2.45, 2.75) is 49.3 Å². The van der Waals surface area contributed by atoms with Crippen molar-refractivity contribution in [1.29, 1.82) is 0 Å².